The molecule has 1 aromatic rings. The van der Waals surface area contributed by atoms with Gasteiger partial charge in [-0.2, -0.15) is 4.31 Å². The molecule has 2 aliphatic rings. The minimum absolute atomic E-state index is 0.0403. The van der Waals surface area contributed by atoms with Crippen molar-refractivity contribution in [2.24, 2.45) is 11.8 Å². The van der Waals surface area contributed by atoms with E-state index in [-0.39, 0.29) is 11.8 Å². The zero-order valence-electron chi connectivity index (χ0n) is 15.6. The van der Waals surface area contributed by atoms with Gasteiger partial charge in [0.25, 0.3) is 10.0 Å². The molecule has 0 N–H and O–H groups in total. The lowest BCUT2D eigenvalue weighted by Crippen LogP contribution is -2.52. The maximum atomic E-state index is 12.8. The van der Waals surface area contributed by atoms with Gasteiger partial charge in [-0.1, -0.05) is 19.9 Å². The van der Waals surface area contributed by atoms with Crippen molar-refractivity contribution in [3.8, 4) is 0 Å². The average Bonchev–Trinajstić information content (AvgIpc) is 3.17. The van der Waals surface area contributed by atoms with E-state index >= 15 is 0 Å². The Morgan fingerprint density at radius 1 is 1.15 bits per heavy atom. The molecule has 0 bridgehead atoms. The van der Waals surface area contributed by atoms with E-state index in [1.807, 2.05) is 4.90 Å². The standard InChI is InChI=1S/C18H29N3O3S2/c1-15(2)14-19-9-11-20(12-10-19)18(22)16-5-7-21(8-6-16)26(23,24)17-4-3-13-25-17/h3-4,13,15-16H,5-12,14H2,1-2H3. The van der Waals surface area contributed by atoms with Gasteiger partial charge in [0.1, 0.15) is 4.21 Å². The predicted octanol–water partition coefficient (Wildman–Crippen LogP) is 1.95. The van der Waals surface area contributed by atoms with E-state index in [0.717, 1.165) is 32.7 Å². The number of nitrogens with zero attached hydrogens (tertiary/aromatic N) is 3. The molecule has 0 atom stereocenters. The number of piperazine rings is 1. The van der Waals surface area contributed by atoms with Gasteiger partial charge in [-0.15, -0.1) is 11.3 Å². The number of thiophene rings is 1. The van der Waals surface area contributed by atoms with Gasteiger partial charge < -0.3 is 4.90 Å². The van der Waals surface area contributed by atoms with E-state index in [0.29, 0.717) is 36.1 Å². The maximum Gasteiger partial charge on any atom is 0.252 e. The van der Waals surface area contributed by atoms with Crippen LogP contribution in [0.15, 0.2) is 21.7 Å². The maximum absolute atomic E-state index is 12.8. The van der Waals surface area contributed by atoms with Crippen LogP contribution in [0.25, 0.3) is 0 Å². The number of carbonyl (C=O) groups excluding carboxylic acids is 1. The average molecular weight is 400 g/mol. The summed E-state index contributed by atoms with van der Waals surface area (Å²) in [5, 5.41) is 1.78. The van der Waals surface area contributed by atoms with Crippen molar-refractivity contribution >= 4 is 27.3 Å². The van der Waals surface area contributed by atoms with Crippen LogP contribution in [0.2, 0.25) is 0 Å². The van der Waals surface area contributed by atoms with Crippen LogP contribution >= 0.6 is 11.3 Å². The van der Waals surface area contributed by atoms with Gasteiger partial charge in [0.2, 0.25) is 5.91 Å². The molecule has 26 heavy (non-hydrogen) atoms. The lowest BCUT2D eigenvalue weighted by molar-refractivity contribution is -0.138. The van der Waals surface area contributed by atoms with Gasteiger partial charge in [0, 0.05) is 51.7 Å². The summed E-state index contributed by atoms with van der Waals surface area (Å²) in [7, 11) is -3.39. The highest BCUT2D eigenvalue weighted by Gasteiger charge is 2.34. The number of carbonyl (C=O) groups is 1. The van der Waals surface area contributed by atoms with Gasteiger partial charge in [-0.05, 0) is 30.2 Å². The molecule has 2 saturated heterocycles. The Kier molecular flexibility index (Phi) is 6.37. The van der Waals surface area contributed by atoms with Crippen LogP contribution in [0.4, 0.5) is 0 Å². The normalized spacial score (nSPS) is 21.4. The minimum atomic E-state index is -3.39. The van der Waals surface area contributed by atoms with Crippen molar-refractivity contribution in [3.05, 3.63) is 17.5 Å². The third kappa shape index (κ3) is 4.47. The van der Waals surface area contributed by atoms with E-state index in [1.165, 1.54) is 15.6 Å². The Labute approximate surface area is 160 Å². The molecule has 146 valence electrons. The van der Waals surface area contributed by atoms with Gasteiger partial charge in [0.05, 0.1) is 0 Å². The second-order valence-electron chi connectivity index (χ2n) is 7.63. The van der Waals surface area contributed by atoms with Gasteiger partial charge in [0.15, 0.2) is 0 Å². The number of amides is 1. The molecule has 0 unspecified atom stereocenters. The number of sulfonamides is 1. The van der Waals surface area contributed by atoms with E-state index in [1.54, 1.807) is 17.5 Å². The van der Waals surface area contributed by atoms with Crippen LogP contribution in [-0.2, 0) is 14.8 Å². The van der Waals surface area contributed by atoms with Crippen molar-refractivity contribution in [2.45, 2.75) is 30.9 Å². The van der Waals surface area contributed by atoms with Crippen LogP contribution in [0.1, 0.15) is 26.7 Å². The van der Waals surface area contributed by atoms with E-state index < -0.39 is 10.0 Å². The molecule has 0 saturated carbocycles. The van der Waals surface area contributed by atoms with Crippen LogP contribution in [0, 0.1) is 11.8 Å². The molecular formula is C18H29N3O3S2. The van der Waals surface area contributed by atoms with Crippen LogP contribution in [-0.4, -0.2) is 74.2 Å². The first-order chi connectivity index (χ1) is 12.4. The fourth-order valence-corrected chi connectivity index (χ4v) is 6.42. The third-order valence-electron chi connectivity index (χ3n) is 5.20. The highest BCUT2D eigenvalue weighted by molar-refractivity contribution is 7.91. The zero-order chi connectivity index (χ0) is 18.7. The first-order valence-corrected chi connectivity index (χ1v) is 11.7. The fraction of sp³-hybridized carbons (Fsp3) is 0.722. The topological polar surface area (TPSA) is 60.9 Å². The van der Waals surface area contributed by atoms with Gasteiger partial charge in [-0.3, -0.25) is 9.69 Å². The summed E-state index contributed by atoms with van der Waals surface area (Å²) in [5.41, 5.74) is 0. The molecule has 2 fully saturated rings. The Hall–Kier alpha value is -0.960. The number of rotatable bonds is 5. The Morgan fingerprint density at radius 3 is 2.35 bits per heavy atom. The highest BCUT2D eigenvalue weighted by atomic mass is 32.2. The Morgan fingerprint density at radius 2 is 1.81 bits per heavy atom. The molecule has 6 nitrogen and oxygen atoms in total. The summed E-state index contributed by atoms with van der Waals surface area (Å²) < 4.78 is 27.1. The van der Waals surface area contributed by atoms with E-state index in [9.17, 15) is 13.2 Å². The second-order valence-corrected chi connectivity index (χ2v) is 10.7. The van der Waals surface area contributed by atoms with Crippen molar-refractivity contribution in [2.75, 3.05) is 45.8 Å². The molecule has 8 heteroatoms. The van der Waals surface area contributed by atoms with Crippen molar-refractivity contribution < 1.29 is 13.2 Å². The smallest absolute Gasteiger partial charge is 0.252 e. The minimum Gasteiger partial charge on any atom is -0.340 e. The largest absolute Gasteiger partial charge is 0.340 e. The van der Waals surface area contributed by atoms with Crippen molar-refractivity contribution in [1.82, 2.24) is 14.1 Å². The number of piperidine rings is 1. The summed E-state index contributed by atoms with van der Waals surface area (Å²) in [6.07, 6.45) is 1.24. The molecule has 0 spiro atoms. The van der Waals surface area contributed by atoms with E-state index in [2.05, 4.69) is 18.7 Å². The molecule has 0 radical (unpaired) electrons. The molecule has 2 aliphatic heterocycles. The molecule has 3 heterocycles. The fourth-order valence-electron chi connectivity index (χ4n) is 3.81. The summed E-state index contributed by atoms with van der Waals surface area (Å²) in [5.74, 6) is 0.815. The SMILES string of the molecule is CC(C)CN1CCN(C(=O)C2CCN(S(=O)(=O)c3cccs3)CC2)CC1. The van der Waals surface area contributed by atoms with Gasteiger partial charge in [-0.25, -0.2) is 8.42 Å². The van der Waals surface area contributed by atoms with Crippen LogP contribution < -0.4 is 0 Å². The summed E-state index contributed by atoms with van der Waals surface area (Å²) >= 11 is 1.25. The third-order valence-corrected chi connectivity index (χ3v) is 8.47. The molecule has 0 aliphatic carbocycles. The Balaban J connectivity index is 1.50. The molecule has 0 aromatic carbocycles. The quantitative estimate of drug-likeness (QED) is 0.759. The van der Waals surface area contributed by atoms with Crippen molar-refractivity contribution in [3.63, 3.8) is 0 Å². The summed E-state index contributed by atoms with van der Waals surface area (Å²) in [6.45, 7) is 9.85. The number of hydrogen-bond acceptors (Lipinski definition) is 5. The highest BCUT2D eigenvalue weighted by Crippen LogP contribution is 2.27. The van der Waals surface area contributed by atoms with Gasteiger partial charge >= 0.3 is 0 Å². The lowest BCUT2D eigenvalue weighted by Gasteiger charge is -2.38. The van der Waals surface area contributed by atoms with Crippen molar-refractivity contribution in [1.29, 1.82) is 0 Å². The van der Waals surface area contributed by atoms with Crippen LogP contribution in [0.5, 0.6) is 0 Å². The monoisotopic (exact) mass is 399 g/mol. The zero-order valence-corrected chi connectivity index (χ0v) is 17.3. The molecular weight excluding hydrogens is 370 g/mol. The molecule has 1 aromatic heterocycles. The second kappa shape index (κ2) is 8.37. The number of hydrogen-bond donors (Lipinski definition) is 0. The first-order valence-electron chi connectivity index (χ1n) is 9.42. The molecule has 3 rings (SSSR count). The summed E-state index contributed by atoms with van der Waals surface area (Å²) in [6, 6.07) is 3.40. The van der Waals surface area contributed by atoms with Crippen LogP contribution in [0.3, 0.4) is 0 Å². The predicted molar refractivity (Wildman–Crippen MR) is 104 cm³/mol. The van der Waals surface area contributed by atoms with E-state index in [4.69, 9.17) is 0 Å². The lowest BCUT2D eigenvalue weighted by atomic mass is 9.96. The Bertz CT molecular complexity index is 687. The molecule has 1 amide bonds. The summed E-state index contributed by atoms with van der Waals surface area (Å²) in [4.78, 5) is 17.2. The first kappa shape index (κ1) is 19.8.